The van der Waals surface area contributed by atoms with Gasteiger partial charge in [0.05, 0.1) is 16.6 Å². The van der Waals surface area contributed by atoms with E-state index in [1.807, 2.05) is 59.2 Å². The van der Waals surface area contributed by atoms with Crippen LogP contribution in [-0.2, 0) is 21.3 Å². The average molecular weight is 566 g/mol. The number of anilines is 1. The van der Waals surface area contributed by atoms with E-state index in [9.17, 15) is 8.42 Å². The molecule has 41 heavy (non-hydrogen) atoms. The van der Waals surface area contributed by atoms with Crippen LogP contribution in [0, 0.1) is 0 Å². The second-order valence-electron chi connectivity index (χ2n) is 9.48. The fourth-order valence-corrected chi connectivity index (χ4v) is 5.76. The molecule has 0 amide bonds. The maximum atomic E-state index is 12.8. The van der Waals surface area contributed by atoms with Crippen molar-refractivity contribution in [3.05, 3.63) is 108 Å². The highest BCUT2D eigenvalue weighted by atomic mass is 32.2. The molecule has 0 fully saturated rings. The lowest BCUT2D eigenvalue weighted by Crippen LogP contribution is -2.25. The summed E-state index contributed by atoms with van der Waals surface area (Å²) < 4.78 is 35.5. The lowest BCUT2D eigenvalue weighted by atomic mass is 10.1. The minimum Gasteiger partial charge on any atom is -0.383 e. The van der Waals surface area contributed by atoms with Crippen molar-refractivity contribution in [1.29, 1.82) is 0 Å². The number of sulfonamides is 1. The summed E-state index contributed by atoms with van der Waals surface area (Å²) in [5, 5.41) is 0. The molecule has 11 heteroatoms. The number of nitrogens with one attached hydrogen (secondary N) is 1. The standard InChI is InChI=1S/C30H27N7O3S/c1-40-24-10-12-25(13-11-24)41(38,39)35-17-20-6-8-23(9-7-20)37-29(26-5-3-15-33-28(26)31)36-27-16-22(19-34-30(27)37)21-4-2-14-32-18-21/h2-10,12-16,18-19,24,35H,11,17H2,1H3,(H2,31,33). The third kappa shape index (κ3) is 5.38. The van der Waals surface area contributed by atoms with Crippen molar-refractivity contribution < 1.29 is 13.2 Å². The first-order valence-corrected chi connectivity index (χ1v) is 14.4. The molecule has 1 atom stereocenters. The number of nitrogens with zero attached hydrogens (tertiary/aromatic N) is 5. The molecular weight excluding hydrogens is 538 g/mol. The number of hydrogen-bond acceptors (Lipinski definition) is 8. The highest BCUT2D eigenvalue weighted by Gasteiger charge is 2.20. The number of rotatable bonds is 8. The fourth-order valence-electron chi connectivity index (χ4n) is 4.67. The van der Waals surface area contributed by atoms with E-state index in [-0.39, 0.29) is 17.6 Å². The molecule has 6 rings (SSSR count). The van der Waals surface area contributed by atoms with E-state index in [1.54, 1.807) is 50.1 Å². The third-order valence-corrected chi connectivity index (χ3v) is 8.32. The van der Waals surface area contributed by atoms with E-state index in [1.165, 1.54) is 0 Å². The zero-order valence-corrected chi connectivity index (χ0v) is 23.0. The Morgan fingerprint density at radius 3 is 2.59 bits per heavy atom. The number of fused-ring (bicyclic) bond motifs is 1. The van der Waals surface area contributed by atoms with Gasteiger partial charge in [-0.15, -0.1) is 0 Å². The topological polar surface area (TPSA) is 138 Å². The summed E-state index contributed by atoms with van der Waals surface area (Å²) in [6.45, 7) is 0.140. The van der Waals surface area contributed by atoms with E-state index in [4.69, 9.17) is 20.4 Å². The van der Waals surface area contributed by atoms with Crippen LogP contribution in [0.25, 0.3) is 39.4 Å². The second kappa shape index (κ2) is 11.0. The van der Waals surface area contributed by atoms with Crippen LogP contribution < -0.4 is 10.5 Å². The van der Waals surface area contributed by atoms with Crippen LogP contribution in [0.15, 0.2) is 103 Å². The Hall–Kier alpha value is -4.71. The van der Waals surface area contributed by atoms with Gasteiger partial charge in [-0.25, -0.2) is 28.1 Å². The van der Waals surface area contributed by atoms with Crippen LogP contribution >= 0.6 is 0 Å². The van der Waals surface area contributed by atoms with Gasteiger partial charge >= 0.3 is 0 Å². The summed E-state index contributed by atoms with van der Waals surface area (Å²) in [5.74, 6) is 0.950. The Morgan fingerprint density at radius 1 is 1.05 bits per heavy atom. The van der Waals surface area contributed by atoms with Gasteiger partial charge in [-0.3, -0.25) is 9.55 Å². The number of methoxy groups -OCH3 is 1. The maximum absolute atomic E-state index is 12.8. The van der Waals surface area contributed by atoms with Crippen LogP contribution in [0.3, 0.4) is 0 Å². The quantitative estimate of drug-likeness (QED) is 0.282. The van der Waals surface area contributed by atoms with E-state index >= 15 is 0 Å². The van der Waals surface area contributed by atoms with Crippen LogP contribution in [0.2, 0.25) is 0 Å². The number of imidazole rings is 1. The minimum atomic E-state index is -3.65. The van der Waals surface area contributed by atoms with Crippen LogP contribution in [0.1, 0.15) is 12.0 Å². The first-order chi connectivity index (χ1) is 19.9. The zero-order valence-electron chi connectivity index (χ0n) is 22.2. The van der Waals surface area contributed by atoms with E-state index in [2.05, 4.69) is 14.7 Å². The molecule has 0 saturated heterocycles. The van der Waals surface area contributed by atoms with E-state index in [0.717, 1.165) is 22.4 Å². The van der Waals surface area contributed by atoms with Crippen LogP contribution in [0.4, 0.5) is 5.82 Å². The molecule has 4 heterocycles. The largest absolute Gasteiger partial charge is 0.383 e. The normalized spacial score (nSPS) is 15.2. The van der Waals surface area contributed by atoms with Gasteiger partial charge in [0, 0.05) is 55.3 Å². The summed E-state index contributed by atoms with van der Waals surface area (Å²) in [4.78, 5) is 18.4. The molecular formula is C30H27N7O3S. The summed E-state index contributed by atoms with van der Waals surface area (Å²) in [6.07, 6.45) is 12.3. The number of nitrogens with two attached hydrogens (primary N) is 1. The van der Waals surface area contributed by atoms with Crippen molar-refractivity contribution >= 4 is 27.0 Å². The van der Waals surface area contributed by atoms with Gasteiger partial charge in [0.2, 0.25) is 10.0 Å². The molecule has 0 saturated carbocycles. The van der Waals surface area contributed by atoms with Crippen LogP contribution in [0.5, 0.6) is 0 Å². The summed E-state index contributed by atoms with van der Waals surface area (Å²) in [6, 6.07) is 17.0. The Labute approximate surface area is 237 Å². The molecule has 4 aromatic heterocycles. The number of ether oxygens (including phenoxy) is 1. The number of nitrogen functional groups attached to an aromatic ring is 1. The highest BCUT2D eigenvalue weighted by Crippen LogP contribution is 2.32. The van der Waals surface area contributed by atoms with Gasteiger partial charge in [0.15, 0.2) is 11.5 Å². The van der Waals surface area contributed by atoms with Crippen molar-refractivity contribution in [2.45, 2.75) is 19.1 Å². The molecule has 0 bridgehead atoms. The van der Waals surface area contributed by atoms with Crippen molar-refractivity contribution in [3.8, 4) is 28.2 Å². The molecule has 1 aliphatic rings. The molecule has 0 spiro atoms. The minimum absolute atomic E-state index is 0.107. The van der Waals surface area contributed by atoms with Gasteiger partial charge in [-0.2, -0.15) is 0 Å². The van der Waals surface area contributed by atoms with Crippen molar-refractivity contribution in [3.63, 3.8) is 0 Å². The maximum Gasteiger partial charge on any atom is 0.240 e. The number of benzene rings is 1. The first kappa shape index (κ1) is 26.5. The summed E-state index contributed by atoms with van der Waals surface area (Å²) in [7, 11) is -2.05. The van der Waals surface area contributed by atoms with E-state index < -0.39 is 10.0 Å². The molecule has 10 nitrogen and oxygen atoms in total. The Bertz CT molecular complexity index is 1880. The predicted octanol–water partition coefficient (Wildman–Crippen LogP) is 4.40. The molecule has 0 aliphatic heterocycles. The number of allylic oxidation sites excluding steroid dienone is 1. The second-order valence-corrected chi connectivity index (χ2v) is 11.2. The predicted molar refractivity (Wildman–Crippen MR) is 158 cm³/mol. The van der Waals surface area contributed by atoms with Gasteiger partial charge in [-0.1, -0.05) is 30.4 Å². The fraction of sp³-hybridized carbons (Fsp3) is 0.133. The van der Waals surface area contributed by atoms with Crippen molar-refractivity contribution in [2.75, 3.05) is 12.8 Å². The van der Waals surface area contributed by atoms with Crippen molar-refractivity contribution in [2.24, 2.45) is 0 Å². The first-order valence-electron chi connectivity index (χ1n) is 12.9. The Kier molecular flexibility index (Phi) is 7.14. The Balaban J connectivity index is 1.32. The SMILES string of the molecule is COC1C=CC(S(=O)(=O)NCc2ccc(-n3c(-c4cccnc4N)nc4cc(-c5cccnc5)cnc43)cc2)=CC1. The monoisotopic (exact) mass is 565 g/mol. The smallest absolute Gasteiger partial charge is 0.240 e. The molecule has 5 aromatic rings. The summed E-state index contributed by atoms with van der Waals surface area (Å²) >= 11 is 0. The van der Waals surface area contributed by atoms with Gasteiger partial charge in [0.1, 0.15) is 11.3 Å². The molecule has 1 aliphatic carbocycles. The number of aromatic nitrogens is 5. The zero-order chi connectivity index (χ0) is 28.4. The number of pyridine rings is 3. The average Bonchev–Trinajstić information content (AvgIpc) is 3.39. The van der Waals surface area contributed by atoms with Gasteiger partial charge < -0.3 is 10.5 Å². The lowest BCUT2D eigenvalue weighted by molar-refractivity contribution is 0.142. The van der Waals surface area contributed by atoms with Gasteiger partial charge in [0.25, 0.3) is 0 Å². The Morgan fingerprint density at radius 2 is 1.88 bits per heavy atom. The molecule has 3 N–H and O–H groups in total. The third-order valence-electron chi connectivity index (χ3n) is 6.87. The van der Waals surface area contributed by atoms with Gasteiger partial charge in [-0.05, 0) is 54.5 Å². The molecule has 1 unspecified atom stereocenters. The lowest BCUT2D eigenvalue weighted by Gasteiger charge is -2.15. The van der Waals surface area contributed by atoms with E-state index in [0.29, 0.717) is 34.8 Å². The number of hydrogen-bond donors (Lipinski definition) is 2. The summed E-state index contributed by atoms with van der Waals surface area (Å²) in [5.41, 5.74) is 11.7. The molecule has 0 radical (unpaired) electrons. The van der Waals surface area contributed by atoms with Crippen molar-refractivity contribution in [1.82, 2.24) is 29.2 Å². The van der Waals surface area contributed by atoms with Crippen LogP contribution in [-0.4, -0.2) is 46.1 Å². The molecule has 1 aromatic carbocycles. The molecule has 206 valence electrons. The highest BCUT2D eigenvalue weighted by molar-refractivity contribution is 7.93.